The number of hydrogen-bond acceptors (Lipinski definition) is 2. The van der Waals surface area contributed by atoms with E-state index in [1.54, 1.807) is 0 Å². The highest BCUT2D eigenvalue weighted by molar-refractivity contribution is 14.0. The maximum atomic E-state index is 12.7. The van der Waals surface area contributed by atoms with Gasteiger partial charge in [0.15, 0.2) is 5.96 Å². The van der Waals surface area contributed by atoms with Gasteiger partial charge >= 0.3 is 6.18 Å². The van der Waals surface area contributed by atoms with E-state index >= 15 is 0 Å². The molecule has 0 amide bonds. The van der Waals surface area contributed by atoms with Crippen LogP contribution in [0.3, 0.4) is 0 Å². The van der Waals surface area contributed by atoms with Gasteiger partial charge in [0.1, 0.15) is 0 Å². The summed E-state index contributed by atoms with van der Waals surface area (Å²) >= 11 is 0. The molecule has 0 aromatic carbocycles. The van der Waals surface area contributed by atoms with E-state index in [1.807, 2.05) is 0 Å². The minimum atomic E-state index is -4.03. The summed E-state index contributed by atoms with van der Waals surface area (Å²) in [5, 5.41) is 0. The van der Waals surface area contributed by atoms with E-state index < -0.39 is 12.1 Å². The van der Waals surface area contributed by atoms with Gasteiger partial charge in [-0.3, -0.25) is 0 Å². The van der Waals surface area contributed by atoms with E-state index in [0.29, 0.717) is 25.1 Å². The van der Waals surface area contributed by atoms with Crippen LogP contribution >= 0.6 is 24.0 Å². The van der Waals surface area contributed by atoms with Crippen LogP contribution in [0.5, 0.6) is 0 Å². The zero-order chi connectivity index (χ0) is 17.3. The highest BCUT2D eigenvalue weighted by Gasteiger charge is 2.43. The van der Waals surface area contributed by atoms with E-state index in [2.05, 4.69) is 21.7 Å². The first-order valence-corrected chi connectivity index (χ1v) is 9.22. The smallest absolute Gasteiger partial charge is 0.370 e. The molecule has 2 heterocycles. The van der Waals surface area contributed by atoms with Gasteiger partial charge in [0.25, 0.3) is 0 Å². The Balaban J connectivity index is 0.00000225. The molecule has 2 aliphatic heterocycles. The SMILES string of the molecule is CC1CCN(C(N)=NC2CC(N3CCC(C(F)(F)F)CC3)C2)CC1.I. The van der Waals surface area contributed by atoms with E-state index in [1.165, 1.54) is 0 Å². The minimum absolute atomic E-state index is 0. The van der Waals surface area contributed by atoms with Crippen LogP contribution < -0.4 is 5.73 Å². The number of likely N-dealkylation sites (tertiary alicyclic amines) is 2. The van der Waals surface area contributed by atoms with Gasteiger partial charge in [-0.2, -0.15) is 13.2 Å². The van der Waals surface area contributed by atoms with Crippen molar-refractivity contribution in [2.45, 2.75) is 63.7 Å². The Bertz CT molecular complexity index is 449. The normalized spacial score (nSPS) is 30.7. The lowest BCUT2D eigenvalue weighted by Crippen LogP contribution is -2.52. The molecular formula is C17H30F3IN4. The van der Waals surface area contributed by atoms with Crippen molar-refractivity contribution in [1.29, 1.82) is 0 Å². The highest BCUT2D eigenvalue weighted by atomic mass is 127. The van der Waals surface area contributed by atoms with Crippen molar-refractivity contribution in [2.75, 3.05) is 26.2 Å². The summed E-state index contributed by atoms with van der Waals surface area (Å²) in [6.45, 7) is 5.36. The van der Waals surface area contributed by atoms with E-state index in [0.717, 1.165) is 44.7 Å². The minimum Gasteiger partial charge on any atom is -0.370 e. The van der Waals surface area contributed by atoms with Crippen molar-refractivity contribution in [3.05, 3.63) is 0 Å². The third-order valence-electron chi connectivity index (χ3n) is 6.02. The van der Waals surface area contributed by atoms with Crippen molar-refractivity contribution < 1.29 is 13.2 Å². The molecule has 0 bridgehead atoms. The first-order chi connectivity index (χ1) is 11.3. The van der Waals surface area contributed by atoms with Gasteiger partial charge in [-0.25, -0.2) is 4.99 Å². The molecule has 0 atom stereocenters. The van der Waals surface area contributed by atoms with Crippen molar-refractivity contribution in [1.82, 2.24) is 9.80 Å². The van der Waals surface area contributed by atoms with E-state index in [4.69, 9.17) is 5.73 Å². The average Bonchev–Trinajstić information content (AvgIpc) is 2.50. The summed E-state index contributed by atoms with van der Waals surface area (Å²) in [4.78, 5) is 9.03. The number of hydrogen-bond donors (Lipinski definition) is 1. The standard InChI is InChI=1S/C17H29F3N4.HI/c1-12-2-6-24(7-3-12)16(21)22-14-10-15(11-14)23-8-4-13(5-9-23)17(18,19)20;/h12-15H,2-11H2,1H3,(H2,21,22);1H. The Morgan fingerprint density at radius 1 is 1.00 bits per heavy atom. The molecule has 25 heavy (non-hydrogen) atoms. The fraction of sp³-hybridized carbons (Fsp3) is 0.941. The molecule has 0 spiro atoms. The second-order valence-corrected chi connectivity index (χ2v) is 7.79. The number of halogens is 4. The lowest BCUT2D eigenvalue weighted by atomic mass is 9.83. The highest BCUT2D eigenvalue weighted by Crippen LogP contribution is 2.37. The molecule has 1 saturated carbocycles. The molecule has 0 unspecified atom stereocenters. The monoisotopic (exact) mass is 474 g/mol. The topological polar surface area (TPSA) is 44.9 Å². The molecule has 3 rings (SSSR count). The Labute approximate surface area is 165 Å². The molecular weight excluding hydrogens is 444 g/mol. The molecule has 0 aromatic heterocycles. The summed E-state index contributed by atoms with van der Waals surface area (Å²) < 4.78 is 38.2. The zero-order valence-electron chi connectivity index (χ0n) is 14.8. The number of nitrogens with two attached hydrogens (primary N) is 1. The molecule has 146 valence electrons. The van der Waals surface area contributed by atoms with Gasteiger partial charge in [-0.1, -0.05) is 6.92 Å². The maximum Gasteiger partial charge on any atom is 0.391 e. The lowest BCUT2D eigenvalue weighted by molar-refractivity contribution is -0.187. The number of alkyl halides is 3. The Morgan fingerprint density at radius 3 is 2.08 bits per heavy atom. The van der Waals surface area contributed by atoms with Crippen molar-refractivity contribution >= 4 is 29.9 Å². The maximum absolute atomic E-state index is 12.7. The molecule has 0 aromatic rings. The molecule has 3 aliphatic rings. The van der Waals surface area contributed by atoms with Gasteiger partial charge in [0, 0.05) is 19.1 Å². The van der Waals surface area contributed by atoms with Gasteiger partial charge in [-0.15, -0.1) is 24.0 Å². The molecule has 3 fully saturated rings. The molecule has 2 saturated heterocycles. The van der Waals surface area contributed by atoms with Crippen LogP contribution in [0.1, 0.15) is 45.4 Å². The summed E-state index contributed by atoms with van der Waals surface area (Å²) in [5.74, 6) is 0.308. The predicted octanol–water partition coefficient (Wildman–Crippen LogP) is 3.46. The third kappa shape index (κ3) is 5.37. The predicted molar refractivity (Wildman–Crippen MR) is 104 cm³/mol. The van der Waals surface area contributed by atoms with Crippen LogP contribution in [0.25, 0.3) is 0 Å². The van der Waals surface area contributed by atoms with Gasteiger partial charge in [0.2, 0.25) is 0 Å². The quantitative estimate of drug-likeness (QED) is 0.379. The van der Waals surface area contributed by atoms with Crippen molar-refractivity contribution in [3.8, 4) is 0 Å². The summed E-state index contributed by atoms with van der Waals surface area (Å²) in [6, 6.07) is 0.636. The number of rotatable bonds is 2. The van der Waals surface area contributed by atoms with Crippen molar-refractivity contribution in [2.24, 2.45) is 22.6 Å². The third-order valence-corrected chi connectivity index (χ3v) is 6.02. The van der Waals surface area contributed by atoms with Gasteiger partial charge < -0.3 is 15.5 Å². The van der Waals surface area contributed by atoms with Crippen LogP contribution in [0.2, 0.25) is 0 Å². The fourth-order valence-corrected chi connectivity index (χ4v) is 4.06. The van der Waals surface area contributed by atoms with Crippen molar-refractivity contribution in [3.63, 3.8) is 0 Å². The number of piperidine rings is 2. The fourth-order valence-electron chi connectivity index (χ4n) is 4.06. The molecule has 4 nitrogen and oxygen atoms in total. The average molecular weight is 474 g/mol. The van der Waals surface area contributed by atoms with Crippen LogP contribution in [-0.2, 0) is 0 Å². The number of aliphatic imine (C=N–C) groups is 1. The Hall–Kier alpha value is -0.250. The first-order valence-electron chi connectivity index (χ1n) is 9.22. The van der Waals surface area contributed by atoms with Gasteiger partial charge in [-0.05, 0) is 57.5 Å². The van der Waals surface area contributed by atoms with E-state index in [-0.39, 0.29) is 42.9 Å². The summed E-state index contributed by atoms with van der Waals surface area (Å²) in [5.41, 5.74) is 6.13. The van der Waals surface area contributed by atoms with E-state index in [9.17, 15) is 13.2 Å². The molecule has 0 radical (unpaired) electrons. The second-order valence-electron chi connectivity index (χ2n) is 7.79. The number of guanidine groups is 1. The largest absolute Gasteiger partial charge is 0.391 e. The van der Waals surface area contributed by atoms with Gasteiger partial charge in [0.05, 0.1) is 12.0 Å². The molecule has 2 N–H and O–H groups in total. The number of nitrogens with zero attached hydrogens (tertiary/aromatic N) is 3. The Morgan fingerprint density at radius 2 is 1.56 bits per heavy atom. The van der Waals surface area contributed by atoms with Crippen LogP contribution in [0.15, 0.2) is 4.99 Å². The first kappa shape index (κ1) is 21.1. The van der Waals surface area contributed by atoms with Crippen LogP contribution in [-0.4, -0.2) is 60.2 Å². The molecule has 1 aliphatic carbocycles. The molecule has 8 heteroatoms. The lowest BCUT2D eigenvalue weighted by Gasteiger charge is -2.45. The summed E-state index contributed by atoms with van der Waals surface area (Å²) in [7, 11) is 0. The Kier molecular flexibility index (Phi) is 7.26. The zero-order valence-corrected chi connectivity index (χ0v) is 17.2. The second kappa shape index (κ2) is 8.63. The van der Waals surface area contributed by atoms with Crippen LogP contribution in [0.4, 0.5) is 13.2 Å². The summed E-state index contributed by atoms with van der Waals surface area (Å²) in [6.07, 6.45) is 0.640. The van der Waals surface area contributed by atoms with Crippen LogP contribution in [0, 0.1) is 11.8 Å².